The first-order chi connectivity index (χ1) is 10.5. The summed E-state index contributed by atoms with van der Waals surface area (Å²) >= 11 is 6.95. The van der Waals surface area contributed by atoms with Crippen LogP contribution < -0.4 is 10.6 Å². The molecule has 0 aliphatic carbocycles. The predicted molar refractivity (Wildman–Crippen MR) is 89.0 cm³/mol. The van der Waals surface area contributed by atoms with Gasteiger partial charge in [0.15, 0.2) is 0 Å². The zero-order valence-electron chi connectivity index (χ0n) is 11.9. The molecule has 22 heavy (non-hydrogen) atoms. The van der Waals surface area contributed by atoms with Crippen LogP contribution in [0.2, 0.25) is 5.02 Å². The van der Waals surface area contributed by atoms with E-state index in [0.717, 1.165) is 28.2 Å². The number of carboxylic acids is 1. The molecular formula is C15H15ClN2O3S. The van der Waals surface area contributed by atoms with E-state index in [4.69, 9.17) is 11.6 Å². The highest BCUT2D eigenvalue weighted by Crippen LogP contribution is 2.35. The number of nitrogens with one attached hydrogen (secondary N) is 2. The third-order valence-electron chi connectivity index (χ3n) is 2.84. The Bertz CT molecular complexity index is 683. The fraction of sp³-hybridized carbons (Fsp3) is 0.200. The summed E-state index contributed by atoms with van der Waals surface area (Å²) in [7, 11) is 0. The van der Waals surface area contributed by atoms with Crippen LogP contribution in [0.25, 0.3) is 10.4 Å². The van der Waals surface area contributed by atoms with E-state index in [1.54, 1.807) is 30.3 Å². The van der Waals surface area contributed by atoms with E-state index < -0.39 is 12.0 Å². The number of carboxylic acid groups (broad SMARTS) is 1. The molecule has 0 bridgehead atoms. The van der Waals surface area contributed by atoms with Crippen LogP contribution in [0.1, 0.15) is 23.0 Å². The minimum absolute atomic E-state index is 0.0941. The standard InChI is InChI=1S/C15H15ClN2O3S/c1-2-7-17-15(21)18-11-8-12(22-13(11)14(19)20)9-3-5-10(16)6-4-9/h3-6,8H,2,7H2,1H3,(H,19,20)(H2,17,18,21). The third kappa shape index (κ3) is 3.99. The third-order valence-corrected chi connectivity index (χ3v) is 4.26. The number of amides is 2. The molecule has 1 aromatic carbocycles. The van der Waals surface area contributed by atoms with Crippen LogP contribution in [0.15, 0.2) is 30.3 Å². The molecule has 0 aliphatic rings. The average Bonchev–Trinajstić information content (AvgIpc) is 2.90. The number of halogens is 1. The van der Waals surface area contributed by atoms with Crippen molar-refractivity contribution in [2.24, 2.45) is 0 Å². The van der Waals surface area contributed by atoms with Crippen molar-refractivity contribution >= 4 is 40.6 Å². The Balaban J connectivity index is 2.27. The lowest BCUT2D eigenvalue weighted by Crippen LogP contribution is -2.29. The number of anilines is 1. The number of rotatable bonds is 5. The maximum Gasteiger partial charge on any atom is 0.348 e. The van der Waals surface area contributed by atoms with Crippen LogP contribution in [0, 0.1) is 0 Å². The van der Waals surface area contributed by atoms with Crippen LogP contribution in [-0.4, -0.2) is 23.7 Å². The lowest BCUT2D eigenvalue weighted by molar-refractivity contribution is 0.0703. The first-order valence-corrected chi connectivity index (χ1v) is 7.88. The van der Waals surface area contributed by atoms with Crippen LogP contribution >= 0.6 is 22.9 Å². The summed E-state index contributed by atoms with van der Waals surface area (Å²) in [5, 5.41) is 15.1. The average molecular weight is 339 g/mol. The van der Waals surface area contributed by atoms with E-state index in [2.05, 4.69) is 10.6 Å². The molecule has 0 fully saturated rings. The number of benzene rings is 1. The maximum atomic E-state index is 11.7. The highest BCUT2D eigenvalue weighted by molar-refractivity contribution is 7.18. The minimum atomic E-state index is -1.07. The number of aromatic carboxylic acids is 1. The summed E-state index contributed by atoms with van der Waals surface area (Å²) in [6.45, 7) is 2.47. The molecule has 116 valence electrons. The molecule has 0 radical (unpaired) electrons. The van der Waals surface area contributed by atoms with Crippen molar-refractivity contribution in [2.75, 3.05) is 11.9 Å². The van der Waals surface area contributed by atoms with Gasteiger partial charge in [0, 0.05) is 16.4 Å². The summed E-state index contributed by atoms with van der Waals surface area (Å²) in [6.07, 6.45) is 0.804. The molecule has 2 rings (SSSR count). The van der Waals surface area contributed by atoms with Gasteiger partial charge in [0.1, 0.15) is 4.88 Å². The molecule has 0 unspecified atom stereocenters. The number of carbonyl (C=O) groups is 2. The highest BCUT2D eigenvalue weighted by atomic mass is 35.5. The Kier molecular flexibility index (Phi) is 5.41. The molecule has 3 N–H and O–H groups in total. The number of carbonyl (C=O) groups excluding carboxylic acids is 1. The Morgan fingerprint density at radius 1 is 1.27 bits per heavy atom. The summed E-state index contributed by atoms with van der Waals surface area (Å²) < 4.78 is 0. The zero-order chi connectivity index (χ0) is 16.1. The fourth-order valence-electron chi connectivity index (χ4n) is 1.80. The van der Waals surface area contributed by atoms with Crippen molar-refractivity contribution in [1.82, 2.24) is 5.32 Å². The maximum absolute atomic E-state index is 11.7. The molecule has 7 heteroatoms. The smallest absolute Gasteiger partial charge is 0.348 e. The van der Waals surface area contributed by atoms with Gasteiger partial charge in [-0.1, -0.05) is 30.7 Å². The largest absolute Gasteiger partial charge is 0.477 e. The number of thiophene rings is 1. The Morgan fingerprint density at radius 2 is 1.95 bits per heavy atom. The Morgan fingerprint density at radius 3 is 2.55 bits per heavy atom. The van der Waals surface area contributed by atoms with Gasteiger partial charge in [-0.3, -0.25) is 0 Å². The first kappa shape index (κ1) is 16.3. The Labute approximate surface area is 136 Å². The molecule has 0 atom stereocenters. The number of urea groups is 1. The molecular weight excluding hydrogens is 324 g/mol. The van der Waals surface area contributed by atoms with Crippen molar-refractivity contribution in [3.05, 3.63) is 40.2 Å². The molecule has 5 nitrogen and oxygen atoms in total. The molecule has 0 spiro atoms. The second kappa shape index (κ2) is 7.29. The Hall–Kier alpha value is -2.05. The minimum Gasteiger partial charge on any atom is -0.477 e. The first-order valence-electron chi connectivity index (χ1n) is 6.69. The molecule has 1 heterocycles. The van der Waals surface area contributed by atoms with Gasteiger partial charge < -0.3 is 15.7 Å². The van der Waals surface area contributed by atoms with E-state index in [0.29, 0.717) is 11.6 Å². The predicted octanol–water partition coefficient (Wildman–Crippen LogP) is 4.30. The SMILES string of the molecule is CCCNC(=O)Nc1cc(-c2ccc(Cl)cc2)sc1C(=O)O. The van der Waals surface area contributed by atoms with Gasteiger partial charge in [-0.25, -0.2) is 9.59 Å². The van der Waals surface area contributed by atoms with Gasteiger partial charge in [-0.05, 0) is 30.2 Å². The van der Waals surface area contributed by atoms with Gasteiger partial charge >= 0.3 is 12.0 Å². The van der Waals surface area contributed by atoms with Crippen molar-refractivity contribution < 1.29 is 14.7 Å². The number of hydrogen-bond donors (Lipinski definition) is 3. The van der Waals surface area contributed by atoms with Crippen LogP contribution in [0.5, 0.6) is 0 Å². The molecule has 1 aromatic heterocycles. The van der Waals surface area contributed by atoms with E-state index >= 15 is 0 Å². The van der Waals surface area contributed by atoms with Gasteiger partial charge in [0.25, 0.3) is 0 Å². The van der Waals surface area contributed by atoms with E-state index in [1.165, 1.54) is 0 Å². The monoisotopic (exact) mass is 338 g/mol. The second-order valence-electron chi connectivity index (χ2n) is 4.55. The lowest BCUT2D eigenvalue weighted by atomic mass is 10.2. The summed E-state index contributed by atoms with van der Waals surface area (Å²) in [5.41, 5.74) is 1.13. The molecule has 2 aromatic rings. The normalized spacial score (nSPS) is 10.3. The van der Waals surface area contributed by atoms with Gasteiger partial charge in [0.05, 0.1) is 5.69 Å². The van der Waals surface area contributed by atoms with E-state index in [9.17, 15) is 14.7 Å². The van der Waals surface area contributed by atoms with Gasteiger partial charge in [-0.2, -0.15) is 0 Å². The fourth-order valence-corrected chi connectivity index (χ4v) is 2.89. The highest BCUT2D eigenvalue weighted by Gasteiger charge is 2.18. The van der Waals surface area contributed by atoms with Gasteiger partial charge in [0.2, 0.25) is 0 Å². The molecule has 0 saturated carbocycles. The molecule has 0 saturated heterocycles. The topological polar surface area (TPSA) is 78.4 Å². The van der Waals surface area contributed by atoms with Gasteiger partial charge in [-0.15, -0.1) is 11.3 Å². The van der Waals surface area contributed by atoms with E-state index in [-0.39, 0.29) is 10.6 Å². The van der Waals surface area contributed by atoms with Crippen LogP contribution in [-0.2, 0) is 0 Å². The molecule has 2 amide bonds. The quantitative estimate of drug-likeness (QED) is 0.760. The summed E-state index contributed by atoms with van der Waals surface area (Å²) in [4.78, 5) is 23.9. The van der Waals surface area contributed by atoms with Crippen LogP contribution in [0.3, 0.4) is 0 Å². The second-order valence-corrected chi connectivity index (χ2v) is 6.04. The summed E-state index contributed by atoms with van der Waals surface area (Å²) in [6, 6.07) is 8.32. The number of hydrogen-bond acceptors (Lipinski definition) is 3. The summed E-state index contributed by atoms with van der Waals surface area (Å²) in [5.74, 6) is -1.07. The lowest BCUT2D eigenvalue weighted by Gasteiger charge is -2.05. The zero-order valence-corrected chi connectivity index (χ0v) is 13.4. The van der Waals surface area contributed by atoms with Crippen molar-refractivity contribution in [3.63, 3.8) is 0 Å². The van der Waals surface area contributed by atoms with Crippen molar-refractivity contribution in [2.45, 2.75) is 13.3 Å². The van der Waals surface area contributed by atoms with Crippen molar-refractivity contribution in [1.29, 1.82) is 0 Å². The molecule has 0 aliphatic heterocycles. The van der Waals surface area contributed by atoms with E-state index in [1.807, 2.05) is 6.92 Å². The van der Waals surface area contributed by atoms with Crippen LogP contribution in [0.4, 0.5) is 10.5 Å². The van der Waals surface area contributed by atoms with Crippen molar-refractivity contribution in [3.8, 4) is 10.4 Å².